The quantitative estimate of drug-likeness (QED) is 0.799. The molecular formula is C14H23N3O2. The smallest absolute Gasteiger partial charge is 0.243 e. The third-order valence-corrected chi connectivity index (χ3v) is 4.14. The Morgan fingerprint density at radius 2 is 2.11 bits per heavy atom. The van der Waals surface area contributed by atoms with Crippen molar-refractivity contribution >= 4 is 0 Å². The van der Waals surface area contributed by atoms with Crippen molar-refractivity contribution in [2.24, 2.45) is 5.92 Å². The SMILES string of the molecule is C1CCC(COCCc2noc(C3CCCN3)n2)C1. The van der Waals surface area contributed by atoms with Crippen LogP contribution in [0.4, 0.5) is 0 Å². The van der Waals surface area contributed by atoms with Gasteiger partial charge in [-0.1, -0.05) is 18.0 Å². The first-order valence-corrected chi connectivity index (χ1v) is 7.55. The minimum atomic E-state index is 0.264. The van der Waals surface area contributed by atoms with E-state index < -0.39 is 0 Å². The second-order valence-corrected chi connectivity index (χ2v) is 5.67. The van der Waals surface area contributed by atoms with E-state index in [1.165, 1.54) is 32.1 Å². The van der Waals surface area contributed by atoms with Crippen molar-refractivity contribution in [3.05, 3.63) is 11.7 Å². The number of aromatic nitrogens is 2. The van der Waals surface area contributed by atoms with Crippen LogP contribution in [-0.2, 0) is 11.2 Å². The van der Waals surface area contributed by atoms with E-state index in [-0.39, 0.29) is 6.04 Å². The van der Waals surface area contributed by atoms with E-state index in [0.717, 1.165) is 43.6 Å². The van der Waals surface area contributed by atoms with E-state index in [1.54, 1.807) is 0 Å². The van der Waals surface area contributed by atoms with Crippen molar-refractivity contribution in [2.75, 3.05) is 19.8 Å². The average Bonchev–Trinajstić information content (AvgIpc) is 3.15. The molecule has 1 aliphatic heterocycles. The van der Waals surface area contributed by atoms with Crippen molar-refractivity contribution < 1.29 is 9.26 Å². The Kier molecular flexibility index (Phi) is 4.45. The molecule has 1 aromatic rings. The highest BCUT2D eigenvalue weighted by Crippen LogP contribution is 2.24. The van der Waals surface area contributed by atoms with Gasteiger partial charge in [-0.05, 0) is 38.1 Å². The summed E-state index contributed by atoms with van der Waals surface area (Å²) < 4.78 is 11.0. The lowest BCUT2D eigenvalue weighted by Crippen LogP contribution is -2.13. The summed E-state index contributed by atoms with van der Waals surface area (Å²) in [4.78, 5) is 4.44. The molecule has 3 rings (SSSR count). The summed E-state index contributed by atoms with van der Waals surface area (Å²) in [5, 5.41) is 7.39. The minimum Gasteiger partial charge on any atom is -0.381 e. The lowest BCUT2D eigenvalue weighted by atomic mass is 10.1. The Balaban J connectivity index is 1.37. The summed E-state index contributed by atoms with van der Waals surface area (Å²) in [6, 6.07) is 0.264. The van der Waals surface area contributed by atoms with E-state index in [0.29, 0.717) is 6.61 Å². The number of nitrogens with one attached hydrogen (secondary N) is 1. The molecule has 1 aromatic heterocycles. The van der Waals surface area contributed by atoms with Crippen LogP contribution in [-0.4, -0.2) is 29.9 Å². The molecule has 0 radical (unpaired) electrons. The summed E-state index contributed by atoms with van der Waals surface area (Å²) in [5.41, 5.74) is 0. The highest BCUT2D eigenvalue weighted by atomic mass is 16.5. The van der Waals surface area contributed by atoms with Gasteiger partial charge in [-0.3, -0.25) is 0 Å². The highest BCUT2D eigenvalue weighted by molar-refractivity contribution is 4.95. The maximum absolute atomic E-state index is 5.72. The van der Waals surface area contributed by atoms with Crippen LogP contribution in [0.5, 0.6) is 0 Å². The topological polar surface area (TPSA) is 60.2 Å². The van der Waals surface area contributed by atoms with Crippen LogP contribution < -0.4 is 5.32 Å². The molecule has 1 aliphatic carbocycles. The standard InChI is InChI=1S/C14H23N3O2/c1-2-5-11(4-1)10-18-9-7-13-16-14(19-17-13)12-6-3-8-15-12/h11-12,15H,1-10H2. The molecule has 5 heteroatoms. The van der Waals surface area contributed by atoms with Gasteiger partial charge in [-0.15, -0.1) is 0 Å². The van der Waals surface area contributed by atoms with E-state index in [2.05, 4.69) is 15.5 Å². The van der Waals surface area contributed by atoms with Gasteiger partial charge < -0.3 is 14.6 Å². The number of hydrogen-bond acceptors (Lipinski definition) is 5. The van der Waals surface area contributed by atoms with Gasteiger partial charge in [-0.2, -0.15) is 4.98 Å². The van der Waals surface area contributed by atoms with Crippen molar-refractivity contribution in [1.82, 2.24) is 15.5 Å². The van der Waals surface area contributed by atoms with Gasteiger partial charge in [0.1, 0.15) is 0 Å². The molecule has 0 bridgehead atoms. The molecule has 1 saturated heterocycles. The van der Waals surface area contributed by atoms with E-state index >= 15 is 0 Å². The Hall–Kier alpha value is -0.940. The number of ether oxygens (including phenoxy) is 1. The zero-order valence-corrected chi connectivity index (χ0v) is 11.4. The molecule has 2 fully saturated rings. The largest absolute Gasteiger partial charge is 0.381 e. The first-order chi connectivity index (χ1) is 9.42. The van der Waals surface area contributed by atoms with Crippen molar-refractivity contribution in [2.45, 2.75) is 51.0 Å². The van der Waals surface area contributed by atoms with E-state index in [4.69, 9.17) is 9.26 Å². The monoisotopic (exact) mass is 265 g/mol. The molecule has 106 valence electrons. The van der Waals surface area contributed by atoms with Crippen LogP contribution in [0.2, 0.25) is 0 Å². The molecular weight excluding hydrogens is 242 g/mol. The lowest BCUT2D eigenvalue weighted by molar-refractivity contribution is 0.102. The maximum Gasteiger partial charge on any atom is 0.243 e. The van der Waals surface area contributed by atoms with Crippen LogP contribution in [0, 0.1) is 5.92 Å². The Morgan fingerprint density at radius 1 is 1.21 bits per heavy atom. The number of hydrogen-bond donors (Lipinski definition) is 1. The van der Waals surface area contributed by atoms with Crippen LogP contribution in [0.1, 0.15) is 56.3 Å². The second kappa shape index (κ2) is 6.48. The fraction of sp³-hybridized carbons (Fsp3) is 0.857. The van der Waals surface area contributed by atoms with Crippen LogP contribution >= 0.6 is 0 Å². The fourth-order valence-electron chi connectivity index (χ4n) is 3.00. The Labute approximate surface area is 114 Å². The first-order valence-electron chi connectivity index (χ1n) is 7.55. The van der Waals surface area contributed by atoms with Gasteiger partial charge in [0.05, 0.1) is 12.6 Å². The summed E-state index contributed by atoms with van der Waals surface area (Å²) >= 11 is 0. The summed E-state index contributed by atoms with van der Waals surface area (Å²) in [6.07, 6.45) is 8.45. The van der Waals surface area contributed by atoms with Crippen molar-refractivity contribution in [3.8, 4) is 0 Å². The van der Waals surface area contributed by atoms with Gasteiger partial charge in [0.25, 0.3) is 0 Å². The molecule has 2 aliphatic rings. The van der Waals surface area contributed by atoms with Gasteiger partial charge in [-0.25, -0.2) is 0 Å². The molecule has 0 spiro atoms. The molecule has 19 heavy (non-hydrogen) atoms. The molecule has 0 aromatic carbocycles. The normalized spacial score (nSPS) is 24.3. The third kappa shape index (κ3) is 3.54. The van der Waals surface area contributed by atoms with Crippen LogP contribution in [0.3, 0.4) is 0 Å². The van der Waals surface area contributed by atoms with Crippen LogP contribution in [0.15, 0.2) is 4.52 Å². The summed E-state index contributed by atoms with van der Waals surface area (Å²) in [5.74, 6) is 2.29. The fourth-order valence-corrected chi connectivity index (χ4v) is 3.00. The minimum absolute atomic E-state index is 0.264. The average molecular weight is 265 g/mol. The van der Waals surface area contributed by atoms with Crippen molar-refractivity contribution in [3.63, 3.8) is 0 Å². The molecule has 0 amide bonds. The third-order valence-electron chi connectivity index (χ3n) is 4.14. The maximum atomic E-state index is 5.72. The number of rotatable bonds is 6. The molecule has 1 saturated carbocycles. The summed E-state index contributed by atoms with van der Waals surface area (Å²) in [6.45, 7) is 2.65. The highest BCUT2D eigenvalue weighted by Gasteiger charge is 2.22. The van der Waals surface area contributed by atoms with Gasteiger partial charge >= 0.3 is 0 Å². The Morgan fingerprint density at radius 3 is 2.89 bits per heavy atom. The zero-order chi connectivity index (χ0) is 12.9. The predicted molar refractivity (Wildman–Crippen MR) is 70.8 cm³/mol. The second-order valence-electron chi connectivity index (χ2n) is 5.67. The molecule has 1 atom stereocenters. The molecule has 5 nitrogen and oxygen atoms in total. The lowest BCUT2D eigenvalue weighted by Gasteiger charge is -2.08. The van der Waals surface area contributed by atoms with Gasteiger partial charge in [0.2, 0.25) is 5.89 Å². The predicted octanol–water partition coefficient (Wildman–Crippen LogP) is 2.24. The molecule has 2 heterocycles. The van der Waals surface area contributed by atoms with E-state index in [9.17, 15) is 0 Å². The van der Waals surface area contributed by atoms with Gasteiger partial charge in [0.15, 0.2) is 5.82 Å². The number of nitrogens with zero attached hydrogens (tertiary/aromatic N) is 2. The molecule has 1 unspecified atom stereocenters. The zero-order valence-electron chi connectivity index (χ0n) is 11.4. The van der Waals surface area contributed by atoms with E-state index in [1.807, 2.05) is 0 Å². The first kappa shape index (κ1) is 13.1. The van der Waals surface area contributed by atoms with Crippen molar-refractivity contribution in [1.29, 1.82) is 0 Å². The van der Waals surface area contributed by atoms with Gasteiger partial charge in [0, 0.05) is 13.0 Å². The van der Waals surface area contributed by atoms with Crippen LogP contribution in [0.25, 0.3) is 0 Å². The summed E-state index contributed by atoms with van der Waals surface area (Å²) in [7, 11) is 0. The Bertz CT molecular complexity index is 382. The molecule has 1 N–H and O–H groups in total.